The highest BCUT2D eigenvalue weighted by Gasteiger charge is 2.25. The normalized spacial score (nSPS) is 11.4. The summed E-state index contributed by atoms with van der Waals surface area (Å²) in [5.41, 5.74) is 0.442. The molecular weight excluding hydrogens is 360 g/mol. The van der Waals surface area contributed by atoms with E-state index in [0.717, 1.165) is 6.26 Å². The maximum absolute atomic E-state index is 11.8. The predicted octanol–water partition coefficient (Wildman–Crippen LogP) is 2.22. The first-order valence-corrected chi connectivity index (χ1v) is 9.44. The SMILES string of the molecule is COc1cccc(OC)c1-n1c(NS(C)(=O)=O)nnc1-c1ccc(C)o1. The Morgan fingerprint density at radius 2 is 1.73 bits per heavy atom. The van der Waals surface area contributed by atoms with E-state index in [4.69, 9.17) is 13.9 Å². The Hall–Kier alpha value is -3.01. The van der Waals surface area contributed by atoms with Gasteiger partial charge in [-0.2, -0.15) is 0 Å². The summed E-state index contributed by atoms with van der Waals surface area (Å²) < 4.78 is 43.9. The fourth-order valence-corrected chi connectivity index (χ4v) is 2.96. The monoisotopic (exact) mass is 378 g/mol. The van der Waals surface area contributed by atoms with Crippen LogP contribution in [0.3, 0.4) is 0 Å². The molecule has 26 heavy (non-hydrogen) atoms. The fourth-order valence-electron chi connectivity index (χ4n) is 2.49. The van der Waals surface area contributed by atoms with Crippen LogP contribution in [-0.2, 0) is 10.0 Å². The predicted molar refractivity (Wildman–Crippen MR) is 95.4 cm³/mol. The Labute approximate surface area is 150 Å². The summed E-state index contributed by atoms with van der Waals surface area (Å²) in [6, 6.07) is 8.70. The first-order chi connectivity index (χ1) is 12.3. The molecule has 0 atom stereocenters. The molecule has 0 bridgehead atoms. The third-order valence-corrected chi connectivity index (χ3v) is 4.08. The van der Waals surface area contributed by atoms with Gasteiger partial charge in [-0.1, -0.05) is 6.07 Å². The van der Waals surface area contributed by atoms with Crippen LogP contribution < -0.4 is 14.2 Å². The summed E-state index contributed by atoms with van der Waals surface area (Å²) in [5, 5.41) is 8.06. The number of para-hydroxylation sites is 1. The summed E-state index contributed by atoms with van der Waals surface area (Å²) in [7, 11) is -0.590. The van der Waals surface area contributed by atoms with Crippen LogP contribution in [0.25, 0.3) is 17.3 Å². The number of sulfonamides is 1. The van der Waals surface area contributed by atoms with Crippen LogP contribution in [0.4, 0.5) is 5.95 Å². The molecular formula is C16H18N4O5S. The van der Waals surface area contributed by atoms with Crippen molar-refractivity contribution in [2.24, 2.45) is 0 Å². The number of nitrogens with zero attached hydrogens (tertiary/aromatic N) is 3. The number of hydrogen-bond donors (Lipinski definition) is 1. The second kappa shape index (κ2) is 6.71. The molecule has 0 aliphatic heterocycles. The highest BCUT2D eigenvalue weighted by molar-refractivity contribution is 7.92. The number of hydrogen-bond acceptors (Lipinski definition) is 7. The van der Waals surface area contributed by atoms with Crippen molar-refractivity contribution >= 4 is 16.0 Å². The zero-order chi connectivity index (χ0) is 18.9. The number of methoxy groups -OCH3 is 2. The van der Waals surface area contributed by atoms with Crippen molar-refractivity contribution in [1.82, 2.24) is 14.8 Å². The molecule has 0 amide bonds. The summed E-state index contributed by atoms with van der Waals surface area (Å²) in [6.45, 7) is 1.80. The third kappa shape index (κ3) is 3.36. The fraction of sp³-hybridized carbons (Fsp3) is 0.250. The molecule has 3 rings (SSSR count). The standard InChI is InChI=1S/C16H18N4O5S/c1-10-8-9-13(25-10)15-17-18-16(19-26(4,21)22)20(15)14-11(23-2)6-5-7-12(14)24-3/h5-9H,1-4H3,(H,18,19). The van der Waals surface area contributed by atoms with E-state index in [9.17, 15) is 8.42 Å². The van der Waals surface area contributed by atoms with Gasteiger partial charge in [0.2, 0.25) is 21.8 Å². The molecule has 2 aromatic heterocycles. The maximum atomic E-state index is 11.8. The van der Waals surface area contributed by atoms with Crippen molar-refractivity contribution < 1.29 is 22.3 Å². The topological polar surface area (TPSA) is 108 Å². The van der Waals surface area contributed by atoms with Crippen LogP contribution in [0.2, 0.25) is 0 Å². The van der Waals surface area contributed by atoms with Crippen LogP contribution in [0.15, 0.2) is 34.7 Å². The van der Waals surface area contributed by atoms with Crippen molar-refractivity contribution in [3.63, 3.8) is 0 Å². The van der Waals surface area contributed by atoms with E-state index in [1.165, 1.54) is 18.8 Å². The minimum absolute atomic E-state index is 0.0145. The lowest BCUT2D eigenvalue weighted by Crippen LogP contribution is -2.15. The van der Waals surface area contributed by atoms with Crippen molar-refractivity contribution in [2.75, 3.05) is 25.2 Å². The van der Waals surface area contributed by atoms with Crippen LogP contribution in [-0.4, -0.2) is 43.7 Å². The zero-order valence-corrected chi connectivity index (χ0v) is 15.5. The van der Waals surface area contributed by atoms with E-state index in [-0.39, 0.29) is 5.95 Å². The molecule has 0 saturated heterocycles. The van der Waals surface area contributed by atoms with Crippen LogP contribution >= 0.6 is 0 Å². The van der Waals surface area contributed by atoms with E-state index < -0.39 is 10.0 Å². The Morgan fingerprint density at radius 3 is 2.23 bits per heavy atom. The van der Waals surface area contributed by atoms with Crippen LogP contribution in [0.1, 0.15) is 5.76 Å². The van der Waals surface area contributed by atoms with E-state index in [2.05, 4.69) is 14.9 Å². The van der Waals surface area contributed by atoms with E-state index >= 15 is 0 Å². The Bertz CT molecular complexity index is 1020. The summed E-state index contributed by atoms with van der Waals surface area (Å²) in [4.78, 5) is 0. The molecule has 9 nitrogen and oxygen atoms in total. The zero-order valence-electron chi connectivity index (χ0n) is 14.7. The lowest BCUT2D eigenvalue weighted by molar-refractivity contribution is 0.391. The largest absolute Gasteiger partial charge is 0.494 e. The molecule has 0 aliphatic rings. The summed E-state index contributed by atoms with van der Waals surface area (Å²) in [6.07, 6.45) is 1.03. The van der Waals surface area contributed by atoms with E-state index in [1.807, 2.05) is 0 Å². The quantitative estimate of drug-likeness (QED) is 0.700. The number of rotatable bonds is 6. The highest BCUT2D eigenvalue weighted by Crippen LogP contribution is 2.37. The van der Waals surface area contributed by atoms with Crippen molar-refractivity contribution in [3.8, 4) is 28.8 Å². The van der Waals surface area contributed by atoms with Gasteiger partial charge in [-0.25, -0.2) is 8.42 Å². The molecule has 0 unspecified atom stereocenters. The third-order valence-electron chi connectivity index (χ3n) is 3.53. The minimum atomic E-state index is -3.60. The lowest BCUT2D eigenvalue weighted by Gasteiger charge is -2.16. The van der Waals surface area contributed by atoms with Gasteiger partial charge in [0.05, 0.1) is 20.5 Å². The van der Waals surface area contributed by atoms with Gasteiger partial charge in [-0.3, -0.25) is 9.29 Å². The van der Waals surface area contributed by atoms with Gasteiger partial charge in [0.15, 0.2) is 5.76 Å². The minimum Gasteiger partial charge on any atom is -0.494 e. The number of aryl methyl sites for hydroxylation is 1. The summed E-state index contributed by atoms with van der Waals surface area (Å²) >= 11 is 0. The van der Waals surface area contributed by atoms with Gasteiger partial charge < -0.3 is 13.9 Å². The Morgan fingerprint density at radius 1 is 1.08 bits per heavy atom. The lowest BCUT2D eigenvalue weighted by atomic mass is 10.2. The van der Waals surface area contributed by atoms with Gasteiger partial charge in [-0.05, 0) is 31.2 Å². The first kappa shape index (κ1) is 17.8. The number of ether oxygens (including phenoxy) is 2. The number of benzene rings is 1. The molecule has 1 N–H and O–H groups in total. The Kier molecular flexibility index (Phi) is 4.60. The molecule has 3 aromatic rings. The molecule has 10 heteroatoms. The molecule has 0 aliphatic carbocycles. The van der Waals surface area contributed by atoms with Crippen LogP contribution in [0, 0.1) is 6.92 Å². The molecule has 0 radical (unpaired) electrons. The van der Waals surface area contributed by atoms with Gasteiger partial charge in [0.1, 0.15) is 22.9 Å². The van der Waals surface area contributed by atoms with Crippen molar-refractivity contribution in [1.29, 1.82) is 0 Å². The molecule has 2 heterocycles. The molecule has 0 fully saturated rings. The maximum Gasteiger partial charge on any atom is 0.243 e. The van der Waals surface area contributed by atoms with E-state index in [0.29, 0.717) is 34.5 Å². The highest BCUT2D eigenvalue weighted by atomic mass is 32.2. The molecule has 0 saturated carbocycles. The second-order valence-electron chi connectivity index (χ2n) is 5.48. The number of nitrogens with one attached hydrogen (secondary N) is 1. The van der Waals surface area contributed by atoms with Gasteiger partial charge in [-0.15, -0.1) is 10.2 Å². The number of anilines is 1. The van der Waals surface area contributed by atoms with Crippen LogP contribution in [0.5, 0.6) is 11.5 Å². The second-order valence-corrected chi connectivity index (χ2v) is 7.23. The van der Waals surface area contributed by atoms with Gasteiger partial charge >= 0.3 is 0 Å². The van der Waals surface area contributed by atoms with E-state index in [1.54, 1.807) is 37.3 Å². The molecule has 138 valence electrons. The van der Waals surface area contributed by atoms with Crippen molar-refractivity contribution in [2.45, 2.75) is 6.92 Å². The average molecular weight is 378 g/mol. The first-order valence-electron chi connectivity index (χ1n) is 7.55. The molecule has 1 aromatic carbocycles. The summed E-state index contributed by atoms with van der Waals surface area (Å²) in [5.74, 6) is 2.28. The Balaban J connectivity index is 2.33. The molecule has 0 spiro atoms. The average Bonchev–Trinajstić information content (AvgIpc) is 3.18. The van der Waals surface area contributed by atoms with Gasteiger partial charge in [0.25, 0.3) is 0 Å². The van der Waals surface area contributed by atoms with Gasteiger partial charge in [0, 0.05) is 0 Å². The number of aromatic nitrogens is 3. The number of furan rings is 1. The smallest absolute Gasteiger partial charge is 0.243 e. The van der Waals surface area contributed by atoms with Crippen molar-refractivity contribution in [3.05, 3.63) is 36.1 Å².